The van der Waals surface area contributed by atoms with Crippen molar-refractivity contribution >= 4 is 23.2 Å². The van der Waals surface area contributed by atoms with Crippen LogP contribution in [0.4, 0.5) is 5.69 Å². The van der Waals surface area contributed by atoms with Crippen LogP contribution in [-0.2, 0) is 11.3 Å². The molecule has 0 aliphatic heterocycles. The molecule has 0 aromatic heterocycles. The van der Waals surface area contributed by atoms with Crippen molar-refractivity contribution in [2.45, 2.75) is 20.4 Å². The highest BCUT2D eigenvalue weighted by Crippen LogP contribution is 2.22. The van der Waals surface area contributed by atoms with Gasteiger partial charge in [0.05, 0.1) is 6.54 Å². The SMILES string of the molecule is Cc1ccccc1CNC(=O)CNc1cccc(Cl)c1C. The highest BCUT2D eigenvalue weighted by molar-refractivity contribution is 6.31. The monoisotopic (exact) mass is 302 g/mol. The minimum absolute atomic E-state index is 0.0439. The molecule has 2 aromatic rings. The Morgan fingerprint density at radius 1 is 1.10 bits per heavy atom. The molecule has 0 aliphatic rings. The highest BCUT2D eigenvalue weighted by atomic mass is 35.5. The van der Waals surface area contributed by atoms with Crippen LogP contribution in [0.3, 0.4) is 0 Å². The van der Waals surface area contributed by atoms with Crippen molar-refractivity contribution in [3.63, 3.8) is 0 Å². The van der Waals surface area contributed by atoms with E-state index in [4.69, 9.17) is 11.6 Å². The first-order valence-electron chi connectivity index (χ1n) is 6.88. The number of amides is 1. The van der Waals surface area contributed by atoms with Crippen LogP contribution in [0, 0.1) is 13.8 Å². The zero-order chi connectivity index (χ0) is 15.2. The zero-order valence-corrected chi connectivity index (χ0v) is 13.0. The number of carbonyl (C=O) groups excluding carboxylic acids is 1. The fraction of sp³-hybridized carbons (Fsp3) is 0.235. The van der Waals surface area contributed by atoms with Crippen molar-refractivity contribution in [3.05, 3.63) is 64.2 Å². The molecule has 0 atom stereocenters. The minimum Gasteiger partial charge on any atom is -0.376 e. The van der Waals surface area contributed by atoms with Gasteiger partial charge in [-0.1, -0.05) is 41.9 Å². The van der Waals surface area contributed by atoms with Gasteiger partial charge in [0.15, 0.2) is 0 Å². The lowest BCUT2D eigenvalue weighted by atomic mass is 10.1. The van der Waals surface area contributed by atoms with Gasteiger partial charge in [-0.25, -0.2) is 0 Å². The summed E-state index contributed by atoms with van der Waals surface area (Å²) in [7, 11) is 0. The lowest BCUT2D eigenvalue weighted by molar-refractivity contribution is -0.119. The molecule has 0 saturated carbocycles. The lowest BCUT2D eigenvalue weighted by Crippen LogP contribution is -2.29. The summed E-state index contributed by atoms with van der Waals surface area (Å²) >= 11 is 6.05. The Bertz CT molecular complexity index is 640. The third kappa shape index (κ3) is 4.23. The predicted octanol–water partition coefficient (Wildman–Crippen LogP) is 3.69. The van der Waals surface area contributed by atoms with E-state index in [1.54, 1.807) is 0 Å². The van der Waals surface area contributed by atoms with Crippen LogP contribution in [0.1, 0.15) is 16.7 Å². The van der Waals surface area contributed by atoms with E-state index in [-0.39, 0.29) is 12.5 Å². The Kier molecular flexibility index (Phi) is 5.23. The van der Waals surface area contributed by atoms with Crippen LogP contribution < -0.4 is 10.6 Å². The van der Waals surface area contributed by atoms with Crippen LogP contribution in [-0.4, -0.2) is 12.5 Å². The summed E-state index contributed by atoms with van der Waals surface area (Å²) in [5.74, 6) is -0.0439. The molecule has 0 spiro atoms. The quantitative estimate of drug-likeness (QED) is 0.884. The van der Waals surface area contributed by atoms with Gasteiger partial charge in [-0.05, 0) is 42.7 Å². The summed E-state index contributed by atoms with van der Waals surface area (Å²) in [5, 5.41) is 6.71. The molecular formula is C17H19ClN2O. The average Bonchev–Trinajstić information content (AvgIpc) is 2.48. The van der Waals surface area contributed by atoms with Gasteiger partial charge in [0, 0.05) is 17.3 Å². The van der Waals surface area contributed by atoms with E-state index < -0.39 is 0 Å². The minimum atomic E-state index is -0.0439. The Labute approximate surface area is 130 Å². The van der Waals surface area contributed by atoms with E-state index in [1.807, 2.05) is 56.3 Å². The van der Waals surface area contributed by atoms with Gasteiger partial charge >= 0.3 is 0 Å². The maximum Gasteiger partial charge on any atom is 0.239 e. The number of rotatable bonds is 5. The normalized spacial score (nSPS) is 10.2. The lowest BCUT2D eigenvalue weighted by Gasteiger charge is -2.11. The number of benzene rings is 2. The van der Waals surface area contributed by atoms with Crippen molar-refractivity contribution in [2.75, 3.05) is 11.9 Å². The molecular weight excluding hydrogens is 284 g/mol. The van der Waals surface area contributed by atoms with Gasteiger partial charge in [-0.3, -0.25) is 4.79 Å². The molecule has 0 bridgehead atoms. The van der Waals surface area contributed by atoms with Crippen LogP contribution in [0.2, 0.25) is 5.02 Å². The summed E-state index contributed by atoms with van der Waals surface area (Å²) in [6, 6.07) is 13.6. The van der Waals surface area contributed by atoms with E-state index in [2.05, 4.69) is 10.6 Å². The topological polar surface area (TPSA) is 41.1 Å². The highest BCUT2D eigenvalue weighted by Gasteiger charge is 2.05. The number of hydrogen-bond donors (Lipinski definition) is 2. The molecule has 21 heavy (non-hydrogen) atoms. The van der Waals surface area contributed by atoms with Gasteiger partial charge in [0.1, 0.15) is 0 Å². The van der Waals surface area contributed by atoms with Crippen molar-refractivity contribution in [2.24, 2.45) is 0 Å². The third-order valence-corrected chi connectivity index (χ3v) is 3.85. The van der Waals surface area contributed by atoms with E-state index in [0.29, 0.717) is 11.6 Å². The fourth-order valence-electron chi connectivity index (χ4n) is 2.04. The second-order valence-corrected chi connectivity index (χ2v) is 5.38. The van der Waals surface area contributed by atoms with Gasteiger partial charge < -0.3 is 10.6 Å². The summed E-state index contributed by atoms with van der Waals surface area (Å²) in [6.07, 6.45) is 0. The van der Waals surface area contributed by atoms with Crippen molar-refractivity contribution in [1.29, 1.82) is 0 Å². The Hall–Kier alpha value is -2.00. The molecule has 0 saturated heterocycles. The number of nitrogens with one attached hydrogen (secondary N) is 2. The number of carbonyl (C=O) groups is 1. The van der Waals surface area contributed by atoms with Crippen molar-refractivity contribution in [3.8, 4) is 0 Å². The predicted molar refractivity (Wildman–Crippen MR) is 87.7 cm³/mol. The Morgan fingerprint density at radius 3 is 2.62 bits per heavy atom. The van der Waals surface area contributed by atoms with Crippen molar-refractivity contribution in [1.82, 2.24) is 5.32 Å². The van der Waals surface area contributed by atoms with E-state index in [9.17, 15) is 4.79 Å². The molecule has 110 valence electrons. The standard InChI is InChI=1S/C17H19ClN2O/c1-12-6-3-4-7-14(12)10-20-17(21)11-19-16-9-5-8-15(18)13(16)2/h3-9,19H,10-11H2,1-2H3,(H,20,21). The van der Waals surface area contributed by atoms with Gasteiger partial charge in [-0.2, -0.15) is 0 Å². The Balaban J connectivity index is 1.85. The molecule has 2 N–H and O–H groups in total. The van der Waals surface area contributed by atoms with E-state index >= 15 is 0 Å². The summed E-state index contributed by atoms with van der Waals surface area (Å²) in [6.45, 7) is 4.74. The van der Waals surface area contributed by atoms with E-state index in [1.165, 1.54) is 5.56 Å². The molecule has 2 aromatic carbocycles. The van der Waals surface area contributed by atoms with Crippen molar-refractivity contribution < 1.29 is 4.79 Å². The number of aryl methyl sites for hydroxylation is 1. The third-order valence-electron chi connectivity index (χ3n) is 3.44. The first-order chi connectivity index (χ1) is 10.1. The van der Waals surface area contributed by atoms with Gasteiger partial charge in [0.2, 0.25) is 5.91 Å². The van der Waals surface area contributed by atoms with Crippen LogP contribution in [0.15, 0.2) is 42.5 Å². The molecule has 2 rings (SSSR count). The first kappa shape index (κ1) is 15.4. The second kappa shape index (κ2) is 7.14. The number of hydrogen-bond acceptors (Lipinski definition) is 2. The smallest absolute Gasteiger partial charge is 0.239 e. The average molecular weight is 303 g/mol. The first-order valence-corrected chi connectivity index (χ1v) is 7.26. The molecule has 0 heterocycles. The van der Waals surface area contributed by atoms with Gasteiger partial charge in [0.25, 0.3) is 0 Å². The summed E-state index contributed by atoms with van der Waals surface area (Å²) < 4.78 is 0. The maximum atomic E-state index is 11.9. The maximum absolute atomic E-state index is 11.9. The Morgan fingerprint density at radius 2 is 1.86 bits per heavy atom. The van der Waals surface area contributed by atoms with Crippen LogP contribution in [0.5, 0.6) is 0 Å². The molecule has 1 amide bonds. The molecule has 0 aliphatic carbocycles. The zero-order valence-electron chi connectivity index (χ0n) is 12.2. The van der Waals surface area contributed by atoms with Gasteiger partial charge in [-0.15, -0.1) is 0 Å². The van der Waals surface area contributed by atoms with E-state index in [0.717, 1.165) is 16.8 Å². The summed E-state index contributed by atoms with van der Waals surface area (Å²) in [5.41, 5.74) is 4.14. The molecule has 0 radical (unpaired) electrons. The molecule has 0 fully saturated rings. The van der Waals surface area contributed by atoms with Crippen LogP contribution >= 0.6 is 11.6 Å². The summed E-state index contributed by atoms with van der Waals surface area (Å²) in [4.78, 5) is 11.9. The number of anilines is 1. The molecule has 0 unspecified atom stereocenters. The second-order valence-electron chi connectivity index (χ2n) is 4.97. The largest absolute Gasteiger partial charge is 0.376 e. The molecule has 4 heteroatoms. The number of halogens is 1. The van der Waals surface area contributed by atoms with Crippen LogP contribution in [0.25, 0.3) is 0 Å². The molecule has 3 nitrogen and oxygen atoms in total. The fourth-order valence-corrected chi connectivity index (χ4v) is 2.21.